The van der Waals surface area contributed by atoms with Gasteiger partial charge in [0.15, 0.2) is 0 Å². The van der Waals surface area contributed by atoms with E-state index in [1.807, 2.05) is 37.3 Å². The van der Waals surface area contributed by atoms with E-state index < -0.39 is 6.10 Å². The second-order valence-corrected chi connectivity index (χ2v) is 5.05. The highest BCUT2D eigenvalue weighted by Gasteiger charge is 2.11. The van der Waals surface area contributed by atoms with E-state index in [0.29, 0.717) is 18.5 Å². The molecule has 5 nitrogen and oxygen atoms in total. The highest BCUT2D eigenvalue weighted by atomic mass is 16.3. The molecule has 1 unspecified atom stereocenters. The maximum absolute atomic E-state index is 12.2. The average Bonchev–Trinajstić information content (AvgIpc) is 2.51. The first kappa shape index (κ1) is 15.3. The van der Waals surface area contributed by atoms with Gasteiger partial charge in [0.2, 0.25) is 0 Å². The summed E-state index contributed by atoms with van der Waals surface area (Å²) >= 11 is 0. The van der Waals surface area contributed by atoms with Gasteiger partial charge in [0, 0.05) is 24.8 Å². The molecule has 2 rings (SSSR count). The third-order valence-electron chi connectivity index (χ3n) is 3.56. The first-order valence-electron chi connectivity index (χ1n) is 7.08. The van der Waals surface area contributed by atoms with Crippen LogP contribution in [0.2, 0.25) is 0 Å². The van der Waals surface area contributed by atoms with Crippen molar-refractivity contribution in [2.45, 2.75) is 39.5 Å². The standard InChI is InChI=1S/C16H20N2O3/c1-3-17-11-12(2)15(20)18(16(17)21)10-9-14(19)13-7-5-4-6-8-13/h4-8,11,14,19H,3,9-10H2,1-2H3. The smallest absolute Gasteiger partial charge is 0.330 e. The SMILES string of the molecule is CCn1cc(C)c(=O)n(CCC(O)c2ccccc2)c1=O. The quantitative estimate of drug-likeness (QED) is 0.906. The van der Waals surface area contributed by atoms with E-state index in [0.717, 1.165) is 5.56 Å². The number of rotatable bonds is 5. The Bertz CT molecular complexity index is 717. The lowest BCUT2D eigenvalue weighted by molar-refractivity contribution is 0.159. The first-order valence-corrected chi connectivity index (χ1v) is 7.08. The van der Waals surface area contributed by atoms with Crippen LogP contribution < -0.4 is 11.2 Å². The molecule has 0 aliphatic rings. The molecule has 21 heavy (non-hydrogen) atoms. The van der Waals surface area contributed by atoms with Crippen molar-refractivity contribution in [2.24, 2.45) is 0 Å². The molecule has 2 aromatic rings. The highest BCUT2D eigenvalue weighted by Crippen LogP contribution is 2.15. The summed E-state index contributed by atoms with van der Waals surface area (Å²) in [6, 6.07) is 9.23. The van der Waals surface area contributed by atoms with Gasteiger partial charge in [-0.3, -0.25) is 9.36 Å². The van der Waals surface area contributed by atoms with E-state index in [1.54, 1.807) is 13.1 Å². The summed E-state index contributed by atoms with van der Waals surface area (Å²) < 4.78 is 2.70. The van der Waals surface area contributed by atoms with E-state index in [1.165, 1.54) is 9.13 Å². The summed E-state index contributed by atoms with van der Waals surface area (Å²) in [6.45, 7) is 4.27. The Morgan fingerprint density at radius 1 is 1.19 bits per heavy atom. The van der Waals surface area contributed by atoms with Crippen LogP contribution in [0, 0.1) is 6.92 Å². The van der Waals surface area contributed by atoms with Crippen LogP contribution in [0.3, 0.4) is 0 Å². The fourth-order valence-electron chi connectivity index (χ4n) is 2.32. The van der Waals surface area contributed by atoms with Gasteiger partial charge >= 0.3 is 5.69 Å². The van der Waals surface area contributed by atoms with E-state index in [9.17, 15) is 14.7 Å². The van der Waals surface area contributed by atoms with E-state index >= 15 is 0 Å². The van der Waals surface area contributed by atoms with Gasteiger partial charge in [-0.1, -0.05) is 30.3 Å². The number of aliphatic hydroxyl groups excluding tert-OH is 1. The summed E-state index contributed by atoms with van der Waals surface area (Å²) in [5.41, 5.74) is 0.706. The van der Waals surface area contributed by atoms with E-state index in [4.69, 9.17) is 0 Å². The highest BCUT2D eigenvalue weighted by molar-refractivity contribution is 5.17. The zero-order chi connectivity index (χ0) is 15.4. The number of aliphatic hydroxyl groups is 1. The number of hydrogen-bond acceptors (Lipinski definition) is 3. The van der Waals surface area contributed by atoms with Gasteiger partial charge < -0.3 is 9.67 Å². The van der Waals surface area contributed by atoms with Gasteiger partial charge in [-0.15, -0.1) is 0 Å². The number of aromatic nitrogens is 2. The van der Waals surface area contributed by atoms with Gasteiger partial charge in [0.25, 0.3) is 5.56 Å². The molecule has 0 bridgehead atoms. The lowest BCUT2D eigenvalue weighted by Gasteiger charge is -2.13. The Morgan fingerprint density at radius 2 is 1.86 bits per heavy atom. The minimum atomic E-state index is -0.687. The first-order chi connectivity index (χ1) is 10.0. The maximum Gasteiger partial charge on any atom is 0.330 e. The van der Waals surface area contributed by atoms with Crippen molar-refractivity contribution < 1.29 is 5.11 Å². The molecule has 112 valence electrons. The fraction of sp³-hybridized carbons (Fsp3) is 0.375. The van der Waals surface area contributed by atoms with Crippen LogP contribution in [0.4, 0.5) is 0 Å². The molecule has 1 heterocycles. The Hall–Kier alpha value is -2.14. The molecule has 5 heteroatoms. The van der Waals surface area contributed by atoms with Crippen LogP contribution >= 0.6 is 0 Å². The Labute approximate surface area is 123 Å². The number of hydrogen-bond donors (Lipinski definition) is 1. The normalized spacial score (nSPS) is 12.3. The van der Waals surface area contributed by atoms with Gasteiger partial charge in [-0.25, -0.2) is 4.79 Å². The minimum Gasteiger partial charge on any atom is -0.388 e. The average molecular weight is 288 g/mol. The summed E-state index contributed by atoms with van der Waals surface area (Å²) in [7, 11) is 0. The molecule has 0 saturated heterocycles. The molecule has 0 aliphatic heterocycles. The lowest BCUT2D eigenvalue weighted by Crippen LogP contribution is -2.40. The van der Waals surface area contributed by atoms with Gasteiger partial charge in [-0.2, -0.15) is 0 Å². The molecule has 1 aromatic carbocycles. The minimum absolute atomic E-state index is 0.204. The number of benzene rings is 1. The number of nitrogens with zero attached hydrogens (tertiary/aromatic N) is 2. The van der Waals surface area contributed by atoms with E-state index in [2.05, 4.69) is 0 Å². The van der Waals surface area contributed by atoms with Crippen molar-refractivity contribution in [1.29, 1.82) is 0 Å². The molecular formula is C16H20N2O3. The number of aryl methyl sites for hydroxylation is 2. The van der Waals surface area contributed by atoms with Crippen LogP contribution in [-0.4, -0.2) is 14.2 Å². The van der Waals surface area contributed by atoms with Crippen LogP contribution in [0.5, 0.6) is 0 Å². The van der Waals surface area contributed by atoms with Gasteiger partial charge in [-0.05, 0) is 25.8 Å². The molecule has 0 radical (unpaired) electrons. The zero-order valence-electron chi connectivity index (χ0n) is 12.3. The molecule has 0 amide bonds. The van der Waals surface area contributed by atoms with Crippen molar-refractivity contribution in [3.05, 3.63) is 68.5 Å². The van der Waals surface area contributed by atoms with Gasteiger partial charge in [0.1, 0.15) is 0 Å². The zero-order valence-corrected chi connectivity index (χ0v) is 12.3. The summed E-state index contributed by atoms with van der Waals surface area (Å²) in [5.74, 6) is 0. The summed E-state index contributed by atoms with van der Waals surface area (Å²) in [5, 5.41) is 10.1. The molecule has 0 spiro atoms. The molecule has 0 fully saturated rings. The third kappa shape index (κ3) is 3.31. The molecule has 1 N–H and O–H groups in total. The van der Waals surface area contributed by atoms with Crippen LogP contribution in [0.25, 0.3) is 0 Å². The largest absolute Gasteiger partial charge is 0.388 e. The third-order valence-corrected chi connectivity index (χ3v) is 3.56. The lowest BCUT2D eigenvalue weighted by atomic mass is 10.1. The fourth-order valence-corrected chi connectivity index (χ4v) is 2.32. The van der Waals surface area contributed by atoms with Crippen molar-refractivity contribution in [2.75, 3.05) is 0 Å². The second kappa shape index (κ2) is 6.54. The molecule has 0 saturated carbocycles. The monoisotopic (exact) mass is 288 g/mol. The summed E-state index contributed by atoms with van der Waals surface area (Å²) in [6.07, 6.45) is 1.22. The van der Waals surface area contributed by atoms with Crippen molar-refractivity contribution >= 4 is 0 Å². The van der Waals surface area contributed by atoms with Gasteiger partial charge in [0.05, 0.1) is 6.10 Å². The Balaban J connectivity index is 2.23. The van der Waals surface area contributed by atoms with Crippen molar-refractivity contribution in [1.82, 2.24) is 9.13 Å². The molecule has 1 atom stereocenters. The topological polar surface area (TPSA) is 64.2 Å². The van der Waals surface area contributed by atoms with Crippen LogP contribution in [-0.2, 0) is 13.1 Å². The second-order valence-electron chi connectivity index (χ2n) is 5.05. The molecular weight excluding hydrogens is 268 g/mol. The predicted molar refractivity (Wildman–Crippen MR) is 81.4 cm³/mol. The van der Waals surface area contributed by atoms with Crippen molar-refractivity contribution in [3.63, 3.8) is 0 Å². The van der Waals surface area contributed by atoms with E-state index in [-0.39, 0.29) is 17.8 Å². The van der Waals surface area contributed by atoms with Crippen LogP contribution in [0.1, 0.15) is 30.6 Å². The van der Waals surface area contributed by atoms with Crippen molar-refractivity contribution in [3.8, 4) is 0 Å². The maximum atomic E-state index is 12.2. The molecule has 1 aromatic heterocycles. The predicted octanol–water partition coefficient (Wildman–Crippen LogP) is 1.46. The Morgan fingerprint density at radius 3 is 2.48 bits per heavy atom. The summed E-state index contributed by atoms with van der Waals surface area (Å²) in [4.78, 5) is 24.2. The Kier molecular flexibility index (Phi) is 4.75. The van der Waals surface area contributed by atoms with Crippen LogP contribution in [0.15, 0.2) is 46.1 Å². The molecule has 0 aliphatic carbocycles.